The molecule has 1 atom stereocenters. The van der Waals surface area contributed by atoms with Crippen molar-refractivity contribution in [3.05, 3.63) is 35.9 Å². The topological polar surface area (TPSA) is 101 Å². The van der Waals surface area contributed by atoms with Gasteiger partial charge in [-0.25, -0.2) is 13.1 Å². The summed E-state index contributed by atoms with van der Waals surface area (Å²) in [5.41, 5.74) is 0.274. The molecule has 0 aliphatic carbocycles. The van der Waals surface area contributed by atoms with E-state index in [9.17, 15) is 18.0 Å². The first-order valence-electron chi connectivity index (χ1n) is 5.66. The molecule has 0 radical (unpaired) electrons. The highest BCUT2D eigenvalue weighted by Crippen LogP contribution is 2.03. The Hall–Kier alpha value is -1.73. The molecular formula is C12H15NO5S. The second-order valence-electron chi connectivity index (χ2n) is 3.97. The first-order chi connectivity index (χ1) is 8.85. The monoisotopic (exact) mass is 285 g/mol. The molecule has 0 fully saturated rings. The van der Waals surface area contributed by atoms with Crippen molar-refractivity contribution in [1.29, 1.82) is 0 Å². The van der Waals surface area contributed by atoms with Crippen LogP contribution in [0.3, 0.4) is 0 Å². The van der Waals surface area contributed by atoms with Gasteiger partial charge in [0, 0.05) is 5.56 Å². The predicted octanol–water partition coefficient (Wildman–Crippen LogP) is 0.652. The van der Waals surface area contributed by atoms with Crippen LogP contribution in [0.1, 0.15) is 23.7 Å². The van der Waals surface area contributed by atoms with E-state index < -0.39 is 33.6 Å². The highest BCUT2D eigenvalue weighted by molar-refractivity contribution is 7.90. The van der Waals surface area contributed by atoms with Crippen LogP contribution in [0.25, 0.3) is 0 Å². The van der Waals surface area contributed by atoms with E-state index in [4.69, 9.17) is 5.11 Å². The number of carboxylic acids is 1. The van der Waals surface area contributed by atoms with Gasteiger partial charge < -0.3 is 5.11 Å². The summed E-state index contributed by atoms with van der Waals surface area (Å²) >= 11 is 0. The zero-order chi connectivity index (χ0) is 14.5. The fourth-order valence-corrected chi connectivity index (χ4v) is 2.74. The van der Waals surface area contributed by atoms with Crippen LogP contribution >= 0.6 is 0 Å². The summed E-state index contributed by atoms with van der Waals surface area (Å²) in [7, 11) is -3.97. The first kappa shape index (κ1) is 15.3. The standard InChI is InChI=1S/C12H15NO5S/c1-2-10(12(15)16)13-19(17,18)8-11(14)9-6-4-3-5-7-9/h3-7,10,13H,2,8H2,1H3,(H,15,16)/t10-/m0/s1. The van der Waals surface area contributed by atoms with Gasteiger partial charge in [-0.2, -0.15) is 0 Å². The number of nitrogens with one attached hydrogen (secondary N) is 1. The van der Waals surface area contributed by atoms with Crippen molar-refractivity contribution in [3.63, 3.8) is 0 Å². The minimum atomic E-state index is -3.97. The number of rotatable bonds is 7. The first-order valence-corrected chi connectivity index (χ1v) is 7.32. The molecule has 0 bridgehead atoms. The lowest BCUT2D eigenvalue weighted by Crippen LogP contribution is -2.42. The average molecular weight is 285 g/mol. The third-order valence-corrected chi connectivity index (χ3v) is 3.73. The number of ketones is 1. The smallest absolute Gasteiger partial charge is 0.321 e. The highest BCUT2D eigenvalue weighted by atomic mass is 32.2. The Kier molecular flexibility index (Phi) is 5.20. The molecule has 104 valence electrons. The van der Waals surface area contributed by atoms with E-state index in [0.29, 0.717) is 0 Å². The number of carbonyl (C=O) groups excluding carboxylic acids is 1. The Labute approximate surface area is 111 Å². The molecular weight excluding hydrogens is 270 g/mol. The van der Waals surface area contributed by atoms with Gasteiger partial charge in [-0.3, -0.25) is 9.59 Å². The Bertz CT molecular complexity index is 553. The van der Waals surface area contributed by atoms with Crippen LogP contribution in [0.4, 0.5) is 0 Å². The normalized spacial score (nSPS) is 12.9. The summed E-state index contributed by atoms with van der Waals surface area (Å²) in [6.07, 6.45) is 0.105. The second kappa shape index (κ2) is 6.44. The minimum Gasteiger partial charge on any atom is -0.480 e. The lowest BCUT2D eigenvalue weighted by atomic mass is 10.2. The lowest BCUT2D eigenvalue weighted by Gasteiger charge is -2.12. The fourth-order valence-electron chi connectivity index (χ4n) is 1.45. The molecule has 0 spiro atoms. The molecule has 2 N–H and O–H groups in total. The van der Waals surface area contributed by atoms with Crippen LogP contribution in [-0.2, 0) is 14.8 Å². The van der Waals surface area contributed by atoms with Gasteiger partial charge in [-0.15, -0.1) is 0 Å². The third-order valence-electron chi connectivity index (χ3n) is 2.45. The van der Waals surface area contributed by atoms with Crippen molar-refractivity contribution >= 4 is 21.8 Å². The van der Waals surface area contributed by atoms with Crippen molar-refractivity contribution in [1.82, 2.24) is 4.72 Å². The zero-order valence-electron chi connectivity index (χ0n) is 10.4. The SMILES string of the molecule is CC[C@H](NS(=O)(=O)CC(=O)c1ccccc1)C(=O)O. The number of hydrogen-bond donors (Lipinski definition) is 2. The van der Waals surface area contributed by atoms with Crippen LogP contribution in [0.5, 0.6) is 0 Å². The molecule has 6 nitrogen and oxygen atoms in total. The summed E-state index contributed by atoms with van der Waals surface area (Å²) in [4.78, 5) is 22.5. The molecule has 1 aromatic carbocycles. The molecule has 7 heteroatoms. The zero-order valence-corrected chi connectivity index (χ0v) is 11.2. The molecule has 1 aromatic rings. The van der Waals surface area contributed by atoms with Crippen LogP contribution in [0.2, 0.25) is 0 Å². The Morgan fingerprint density at radius 2 is 1.84 bits per heavy atom. The number of sulfonamides is 1. The van der Waals surface area contributed by atoms with Gasteiger partial charge >= 0.3 is 5.97 Å². The average Bonchev–Trinajstić information content (AvgIpc) is 2.36. The molecule has 0 saturated carbocycles. The molecule has 1 rings (SSSR count). The number of carboxylic acid groups (broad SMARTS) is 1. The van der Waals surface area contributed by atoms with Gasteiger partial charge in [0.25, 0.3) is 0 Å². The molecule has 0 aliphatic rings. The van der Waals surface area contributed by atoms with E-state index in [1.54, 1.807) is 25.1 Å². The maximum atomic E-state index is 11.7. The number of hydrogen-bond acceptors (Lipinski definition) is 4. The quantitative estimate of drug-likeness (QED) is 0.716. The van der Waals surface area contributed by atoms with Crippen molar-refractivity contribution in [2.45, 2.75) is 19.4 Å². The highest BCUT2D eigenvalue weighted by Gasteiger charge is 2.24. The summed E-state index contributed by atoms with van der Waals surface area (Å²) in [6.45, 7) is 1.54. The Balaban J connectivity index is 2.75. The molecule has 19 heavy (non-hydrogen) atoms. The predicted molar refractivity (Wildman–Crippen MR) is 69.4 cm³/mol. The van der Waals surface area contributed by atoms with Crippen molar-refractivity contribution in [2.24, 2.45) is 0 Å². The largest absolute Gasteiger partial charge is 0.480 e. The Morgan fingerprint density at radius 3 is 2.32 bits per heavy atom. The Morgan fingerprint density at radius 1 is 1.26 bits per heavy atom. The number of carbonyl (C=O) groups is 2. The van der Waals surface area contributed by atoms with E-state index in [1.165, 1.54) is 12.1 Å². The maximum absolute atomic E-state index is 11.7. The van der Waals surface area contributed by atoms with Gasteiger partial charge in [0.1, 0.15) is 11.8 Å². The third kappa shape index (κ3) is 4.80. The second-order valence-corrected chi connectivity index (χ2v) is 5.72. The van der Waals surface area contributed by atoms with E-state index in [0.717, 1.165) is 0 Å². The molecule has 0 amide bonds. The van der Waals surface area contributed by atoms with E-state index in [2.05, 4.69) is 0 Å². The molecule has 0 unspecified atom stereocenters. The summed E-state index contributed by atoms with van der Waals surface area (Å²) in [5.74, 6) is -2.60. The van der Waals surface area contributed by atoms with Crippen LogP contribution in [0.15, 0.2) is 30.3 Å². The van der Waals surface area contributed by atoms with Crippen molar-refractivity contribution in [2.75, 3.05) is 5.75 Å². The van der Waals surface area contributed by atoms with Crippen LogP contribution in [-0.4, -0.2) is 37.1 Å². The fraction of sp³-hybridized carbons (Fsp3) is 0.333. The summed E-state index contributed by atoms with van der Waals surface area (Å²) in [6, 6.07) is 6.76. The lowest BCUT2D eigenvalue weighted by molar-refractivity contribution is -0.139. The van der Waals surface area contributed by atoms with E-state index in [-0.39, 0.29) is 12.0 Å². The van der Waals surface area contributed by atoms with E-state index >= 15 is 0 Å². The van der Waals surface area contributed by atoms with Gasteiger partial charge in [0.05, 0.1) is 0 Å². The minimum absolute atomic E-state index is 0.105. The maximum Gasteiger partial charge on any atom is 0.321 e. The summed E-state index contributed by atoms with van der Waals surface area (Å²) in [5, 5.41) is 8.78. The van der Waals surface area contributed by atoms with Gasteiger partial charge in [-0.1, -0.05) is 37.3 Å². The van der Waals surface area contributed by atoms with Crippen molar-refractivity contribution < 1.29 is 23.1 Å². The van der Waals surface area contributed by atoms with Crippen LogP contribution in [0, 0.1) is 0 Å². The molecule has 0 aliphatic heterocycles. The van der Waals surface area contributed by atoms with Crippen molar-refractivity contribution in [3.8, 4) is 0 Å². The van der Waals surface area contributed by atoms with Crippen LogP contribution < -0.4 is 4.72 Å². The number of Topliss-reactive ketones (excluding diaryl/α,β-unsaturated/α-hetero) is 1. The molecule has 0 aromatic heterocycles. The van der Waals surface area contributed by atoms with Gasteiger partial charge in [0.2, 0.25) is 10.0 Å². The number of benzene rings is 1. The molecule has 0 heterocycles. The van der Waals surface area contributed by atoms with Gasteiger partial charge in [-0.05, 0) is 6.42 Å². The van der Waals surface area contributed by atoms with Gasteiger partial charge in [0.15, 0.2) is 5.78 Å². The number of aliphatic carboxylic acids is 1. The molecule has 0 saturated heterocycles. The summed E-state index contributed by atoms with van der Waals surface area (Å²) < 4.78 is 25.4. The van der Waals surface area contributed by atoms with E-state index in [1.807, 2.05) is 4.72 Å².